The third kappa shape index (κ3) is 4.14. The van der Waals surface area contributed by atoms with Gasteiger partial charge < -0.3 is 19.1 Å². The van der Waals surface area contributed by atoms with Crippen LogP contribution in [0, 0.1) is 6.92 Å². The summed E-state index contributed by atoms with van der Waals surface area (Å²) in [6, 6.07) is 6.62. The highest BCUT2D eigenvalue weighted by atomic mass is 16.5. The fourth-order valence-corrected chi connectivity index (χ4v) is 2.90. The van der Waals surface area contributed by atoms with Crippen molar-refractivity contribution in [2.45, 2.75) is 26.2 Å². The van der Waals surface area contributed by atoms with Gasteiger partial charge in [0, 0.05) is 30.5 Å². The molecular weight excluding hydrogens is 290 g/mol. The number of rotatable bonds is 9. The number of nitrogens with zero attached hydrogens (tertiary/aromatic N) is 1. The molecule has 0 radical (unpaired) electrons. The van der Waals surface area contributed by atoms with Crippen LogP contribution in [-0.2, 0) is 19.6 Å². The molecule has 0 saturated heterocycles. The van der Waals surface area contributed by atoms with Gasteiger partial charge in [0.05, 0.1) is 33.0 Å². The average Bonchev–Trinajstić information content (AvgIpc) is 2.70. The van der Waals surface area contributed by atoms with Crippen molar-refractivity contribution in [1.29, 1.82) is 0 Å². The molecule has 0 aliphatic carbocycles. The summed E-state index contributed by atoms with van der Waals surface area (Å²) in [6.45, 7) is 14.8. The summed E-state index contributed by atoms with van der Waals surface area (Å²) >= 11 is 0. The van der Waals surface area contributed by atoms with Crippen LogP contribution >= 0.6 is 0 Å². The molecule has 1 heterocycles. The smallest absolute Gasteiger partial charge is 0.0701 e. The second kappa shape index (κ2) is 7.95. The minimum atomic E-state index is -0.0232. The molecular formula is C19H29NO3. The summed E-state index contributed by atoms with van der Waals surface area (Å²) in [4.78, 5) is 2.28. The molecule has 4 heteroatoms. The number of hydrogen-bond acceptors (Lipinski definition) is 4. The number of aryl methyl sites for hydroxylation is 1. The summed E-state index contributed by atoms with van der Waals surface area (Å²) < 4.78 is 16.0. The van der Waals surface area contributed by atoms with Gasteiger partial charge >= 0.3 is 0 Å². The fourth-order valence-electron chi connectivity index (χ4n) is 2.90. The quantitative estimate of drug-likeness (QED) is 0.654. The maximum Gasteiger partial charge on any atom is 0.0701 e. The molecule has 0 spiro atoms. The number of methoxy groups -OCH3 is 1. The van der Waals surface area contributed by atoms with E-state index in [0.717, 1.165) is 12.2 Å². The number of anilines is 1. The number of hydrogen-bond donors (Lipinski definition) is 0. The van der Waals surface area contributed by atoms with Crippen LogP contribution in [0.2, 0.25) is 0 Å². The van der Waals surface area contributed by atoms with Crippen molar-refractivity contribution in [3.63, 3.8) is 0 Å². The third-order valence-electron chi connectivity index (χ3n) is 4.43. The molecule has 0 fully saturated rings. The van der Waals surface area contributed by atoms with Crippen molar-refractivity contribution in [3.05, 3.63) is 41.6 Å². The van der Waals surface area contributed by atoms with Crippen LogP contribution in [0.1, 0.15) is 25.0 Å². The van der Waals surface area contributed by atoms with Gasteiger partial charge in [-0.05, 0) is 18.6 Å². The van der Waals surface area contributed by atoms with Crippen molar-refractivity contribution < 1.29 is 14.2 Å². The predicted octanol–water partition coefficient (Wildman–Crippen LogP) is 3.29. The van der Waals surface area contributed by atoms with E-state index in [-0.39, 0.29) is 5.41 Å². The van der Waals surface area contributed by atoms with Crippen molar-refractivity contribution in [2.75, 3.05) is 51.6 Å². The predicted molar refractivity (Wildman–Crippen MR) is 94.2 cm³/mol. The van der Waals surface area contributed by atoms with Crippen LogP contribution in [0.15, 0.2) is 30.5 Å². The lowest BCUT2D eigenvalue weighted by molar-refractivity contribution is 0.0266. The summed E-state index contributed by atoms with van der Waals surface area (Å²) in [5.74, 6) is 0. The van der Waals surface area contributed by atoms with E-state index < -0.39 is 0 Å². The highest BCUT2D eigenvalue weighted by molar-refractivity contribution is 5.70. The zero-order valence-electron chi connectivity index (χ0n) is 14.9. The van der Waals surface area contributed by atoms with E-state index in [2.05, 4.69) is 50.4 Å². The first-order valence-corrected chi connectivity index (χ1v) is 8.21. The first-order valence-electron chi connectivity index (χ1n) is 8.21. The monoisotopic (exact) mass is 319 g/mol. The maximum atomic E-state index is 5.68. The van der Waals surface area contributed by atoms with Gasteiger partial charge in [-0.2, -0.15) is 0 Å². The highest BCUT2D eigenvalue weighted by Crippen LogP contribution is 2.46. The Bertz CT molecular complexity index is 539. The van der Waals surface area contributed by atoms with Crippen molar-refractivity contribution >= 4 is 5.69 Å². The SMILES string of the molecule is C=C1N(CCOCCOCCOC)c2ccc(C)cc2C1(C)C. The fraction of sp³-hybridized carbons (Fsp3) is 0.579. The van der Waals surface area contributed by atoms with Gasteiger partial charge in [0.1, 0.15) is 0 Å². The molecule has 0 unspecified atom stereocenters. The van der Waals surface area contributed by atoms with Crippen LogP contribution in [0.4, 0.5) is 5.69 Å². The van der Waals surface area contributed by atoms with E-state index in [0.29, 0.717) is 33.0 Å². The summed E-state index contributed by atoms with van der Waals surface area (Å²) in [5.41, 5.74) is 5.01. The highest BCUT2D eigenvalue weighted by Gasteiger charge is 2.38. The average molecular weight is 319 g/mol. The Hall–Kier alpha value is -1.36. The van der Waals surface area contributed by atoms with Gasteiger partial charge in [-0.15, -0.1) is 0 Å². The Kier molecular flexibility index (Phi) is 6.22. The standard InChI is InChI=1S/C19H29NO3/c1-15-6-7-18-17(14-15)19(3,4)16(2)20(18)8-9-22-12-13-23-11-10-21-5/h6-7,14H,2,8-13H2,1,3-5H3. The molecule has 4 nitrogen and oxygen atoms in total. The zero-order chi connectivity index (χ0) is 16.9. The molecule has 0 N–H and O–H groups in total. The van der Waals surface area contributed by atoms with Gasteiger partial charge in [0.15, 0.2) is 0 Å². The Morgan fingerprint density at radius 1 is 1.04 bits per heavy atom. The molecule has 1 aliphatic rings. The second-order valence-electron chi connectivity index (χ2n) is 6.46. The summed E-state index contributed by atoms with van der Waals surface area (Å²) in [7, 11) is 1.67. The molecule has 1 aliphatic heterocycles. The summed E-state index contributed by atoms with van der Waals surface area (Å²) in [5, 5.41) is 0. The number of ether oxygens (including phenoxy) is 3. The molecule has 0 bridgehead atoms. The van der Waals surface area contributed by atoms with Crippen LogP contribution < -0.4 is 4.90 Å². The van der Waals surface area contributed by atoms with Gasteiger partial charge in [-0.3, -0.25) is 0 Å². The number of benzene rings is 1. The second-order valence-corrected chi connectivity index (χ2v) is 6.46. The van der Waals surface area contributed by atoms with Gasteiger partial charge in [-0.1, -0.05) is 38.1 Å². The maximum absolute atomic E-state index is 5.68. The lowest BCUT2D eigenvalue weighted by atomic mass is 9.84. The van der Waals surface area contributed by atoms with Gasteiger partial charge in [-0.25, -0.2) is 0 Å². The van der Waals surface area contributed by atoms with E-state index in [4.69, 9.17) is 14.2 Å². The molecule has 2 rings (SSSR count). The normalized spacial score (nSPS) is 16.0. The van der Waals surface area contributed by atoms with E-state index in [1.165, 1.54) is 16.8 Å². The molecule has 1 aromatic rings. The molecule has 1 aromatic carbocycles. The number of allylic oxidation sites excluding steroid dienone is 1. The molecule has 0 atom stereocenters. The van der Waals surface area contributed by atoms with E-state index in [1.54, 1.807) is 7.11 Å². The minimum Gasteiger partial charge on any atom is -0.382 e. The van der Waals surface area contributed by atoms with Crippen LogP contribution in [0.3, 0.4) is 0 Å². The molecule has 23 heavy (non-hydrogen) atoms. The van der Waals surface area contributed by atoms with E-state index >= 15 is 0 Å². The van der Waals surface area contributed by atoms with Gasteiger partial charge in [0.2, 0.25) is 0 Å². The third-order valence-corrected chi connectivity index (χ3v) is 4.43. The topological polar surface area (TPSA) is 30.9 Å². The van der Waals surface area contributed by atoms with Crippen LogP contribution in [0.5, 0.6) is 0 Å². The van der Waals surface area contributed by atoms with E-state index in [9.17, 15) is 0 Å². The van der Waals surface area contributed by atoms with Gasteiger partial charge in [0.25, 0.3) is 0 Å². The number of fused-ring (bicyclic) bond motifs is 1. The molecule has 128 valence electrons. The van der Waals surface area contributed by atoms with Crippen LogP contribution in [-0.4, -0.2) is 46.7 Å². The minimum absolute atomic E-state index is 0.0232. The van der Waals surface area contributed by atoms with Crippen molar-refractivity contribution in [1.82, 2.24) is 0 Å². The Morgan fingerprint density at radius 3 is 2.39 bits per heavy atom. The zero-order valence-corrected chi connectivity index (χ0v) is 14.9. The molecule has 0 amide bonds. The largest absolute Gasteiger partial charge is 0.382 e. The van der Waals surface area contributed by atoms with Crippen molar-refractivity contribution in [2.24, 2.45) is 0 Å². The lowest BCUT2D eigenvalue weighted by Crippen LogP contribution is -2.28. The Morgan fingerprint density at radius 2 is 1.70 bits per heavy atom. The van der Waals surface area contributed by atoms with Crippen molar-refractivity contribution in [3.8, 4) is 0 Å². The summed E-state index contributed by atoms with van der Waals surface area (Å²) in [6.07, 6.45) is 0. The van der Waals surface area contributed by atoms with Crippen LogP contribution in [0.25, 0.3) is 0 Å². The molecule has 0 aromatic heterocycles. The lowest BCUT2D eigenvalue weighted by Gasteiger charge is -2.25. The Labute approximate surface area is 140 Å². The first kappa shape index (κ1) is 18.0. The van der Waals surface area contributed by atoms with E-state index in [1.807, 2.05) is 0 Å². The first-order chi connectivity index (χ1) is 11.0. The molecule has 0 saturated carbocycles. The Balaban J connectivity index is 1.84.